The first-order chi connectivity index (χ1) is 16.2. The van der Waals surface area contributed by atoms with Crippen LogP contribution in [-0.2, 0) is 16.4 Å². The molecule has 4 rings (SSSR count). The maximum atomic E-state index is 12.2. The summed E-state index contributed by atoms with van der Waals surface area (Å²) >= 11 is 0. The van der Waals surface area contributed by atoms with Crippen LogP contribution in [0.5, 0.6) is 0 Å². The summed E-state index contributed by atoms with van der Waals surface area (Å²) in [5.74, 6) is 0.781. The van der Waals surface area contributed by atoms with Gasteiger partial charge in [-0.25, -0.2) is 12.7 Å². The molecule has 0 amide bonds. The molecule has 186 valence electrons. The summed E-state index contributed by atoms with van der Waals surface area (Å²) in [6.07, 6.45) is 7.58. The number of nitrogens with zero attached hydrogens (tertiary/aromatic N) is 2. The van der Waals surface area contributed by atoms with E-state index in [-0.39, 0.29) is 6.04 Å². The minimum absolute atomic E-state index is 0.0462. The minimum Gasteiger partial charge on any atom is -0.390 e. The van der Waals surface area contributed by atoms with Crippen molar-refractivity contribution in [3.63, 3.8) is 0 Å². The first-order valence-electron chi connectivity index (χ1n) is 12.7. The molecule has 1 aliphatic carbocycles. The number of rotatable bonds is 9. The van der Waals surface area contributed by atoms with Crippen molar-refractivity contribution in [3.05, 3.63) is 71.8 Å². The molecule has 2 fully saturated rings. The number of aryl methyl sites for hydroxylation is 1. The van der Waals surface area contributed by atoms with Crippen LogP contribution in [0.2, 0.25) is 0 Å². The van der Waals surface area contributed by atoms with E-state index in [0.717, 1.165) is 64.6 Å². The Balaban J connectivity index is 1.33. The second-order valence-electron chi connectivity index (χ2n) is 10.5. The van der Waals surface area contributed by atoms with E-state index in [1.807, 2.05) is 12.1 Å². The lowest BCUT2D eigenvalue weighted by Crippen LogP contribution is -2.46. The Labute approximate surface area is 205 Å². The molecule has 0 radical (unpaired) electrons. The Morgan fingerprint density at radius 3 is 2.24 bits per heavy atom. The molecule has 3 atom stereocenters. The van der Waals surface area contributed by atoms with E-state index in [1.54, 1.807) is 11.4 Å². The quantitative estimate of drug-likeness (QED) is 0.577. The van der Waals surface area contributed by atoms with Gasteiger partial charge in [-0.2, -0.15) is 0 Å². The van der Waals surface area contributed by atoms with Gasteiger partial charge in [0.15, 0.2) is 0 Å². The number of benzene rings is 2. The summed E-state index contributed by atoms with van der Waals surface area (Å²) in [7, 11) is -1.48. The van der Waals surface area contributed by atoms with Crippen LogP contribution in [0.3, 0.4) is 0 Å². The zero-order valence-corrected chi connectivity index (χ0v) is 21.5. The largest absolute Gasteiger partial charge is 0.390 e. The Morgan fingerprint density at radius 1 is 1.00 bits per heavy atom. The molecule has 1 aliphatic heterocycles. The molecule has 2 aromatic carbocycles. The van der Waals surface area contributed by atoms with E-state index in [9.17, 15) is 13.5 Å². The molecule has 0 bridgehead atoms. The number of aliphatic hydroxyl groups is 1. The zero-order chi connectivity index (χ0) is 24.2. The lowest BCUT2D eigenvalue weighted by Gasteiger charge is -2.40. The van der Waals surface area contributed by atoms with Crippen molar-refractivity contribution in [2.24, 2.45) is 5.92 Å². The number of likely N-dealkylation sites (tertiary alicyclic amines) is 1. The summed E-state index contributed by atoms with van der Waals surface area (Å²) in [4.78, 5) is 2.50. The van der Waals surface area contributed by atoms with E-state index in [4.69, 9.17) is 0 Å². The first kappa shape index (κ1) is 25.4. The third-order valence-corrected chi connectivity index (χ3v) is 9.51. The van der Waals surface area contributed by atoms with Crippen molar-refractivity contribution in [2.45, 2.75) is 62.5 Å². The molecule has 34 heavy (non-hydrogen) atoms. The topological polar surface area (TPSA) is 60.9 Å². The molecular weight excluding hydrogens is 444 g/mol. The van der Waals surface area contributed by atoms with Gasteiger partial charge in [-0.1, -0.05) is 60.7 Å². The second kappa shape index (κ2) is 10.9. The highest BCUT2D eigenvalue weighted by molar-refractivity contribution is 7.88. The molecular formula is C28H40N2O3S. The fourth-order valence-electron chi connectivity index (χ4n) is 5.97. The van der Waals surface area contributed by atoms with Gasteiger partial charge in [0.2, 0.25) is 10.0 Å². The number of hydrogen-bond donors (Lipinski definition) is 1. The predicted octanol–water partition coefficient (Wildman–Crippen LogP) is 4.29. The third-order valence-electron chi connectivity index (χ3n) is 8.16. The van der Waals surface area contributed by atoms with Crippen molar-refractivity contribution in [3.8, 4) is 0 Å². The number of hydrogen-bond acceptors (Lipinski definition) is 4. The van der Waals surface area contributed by atoms with Gasteiger partial charge in [0.25, 0.3) is 0 Å². The lowest BCUT2D eigenvalue weighted by molar-refractivity contribution is -0.0318. The van der Waals surface area contributed by atoms with E-state index in [1.165, 1.54) is 17.4 Å². The molecule has 5 nitrogen and oxygen atoms in total. The van der Waals surface area contributed by atoms with Crippen LogP contribution in [0.25, 0.3) is 0 Å². The highest BCUT2D eigenvalue weighted by atomic mass is 32.2. The molecule has 2 aliphatic rings. The summed E-state index contributed by atoms with van der Waals surface area (Å²) in [5.41, 5.74) is 2.09. The second-order valence-corrected chi connectivity index (χ2v) is 12.6. The standard InChI is InChI=1S/C28H40N2O3S/c1-29(34(2,32)33)26-20-25(27(21-26)24-13-7-4-8-14-24)22-30-18-16-28(31,17-19-30)15-9-12-23-10-5-3-6-11-23/h3-8,10-11,13-14,25-27,31H,9,12,15-22H2,1-2H3/t25-,26?,27-/m1/s1. The SMILES string of the molecule is CN(C1C[C@H](CN2CCC(O)(CCCc3ccccc3)CC2)[C@@H](c2ccccc2)C1)S(C)(=O)=O. The van der Waals surface area contributed by atoms with E-state index in [2.05, 4.69) is 53.4 Å². The van der Waals surface area contributed by atoms with Crippen LogP contribution in [0, 0.1) is 5.92 Å². The van der Waals surface area contributed by atoms with Crippen LogP contribution < -0.4 is 0 Å². The summed E-state index contributed by atoms with van der Waals surface area (Å²) < 4.78 is 26.0. The molecule has 0 spiro atoms. The Hall–Kier alpha value is -1.73. The highest BCUT2D eigenvalue weighted by Gasteiger charge is 2.41. The molecule has 1 saturated heterocycles. The minimum atomic E-state index is -3.21. The lowest BCUT2D eigenvalue weighted by atomic mass is 9.84. The third kappa shape index (κ3) is 6.48. The fourth-order valence-corrected chi connectivity index (χ4v) is 6.69. The molecule has 1 unspecified atom stereocenters. The van der Waals surface area contributed by atoms with Gasteiger partial charge in [0.1, 0.15) is 0 Å². The summed E-state index contributed by atoms with van der Waals surface area (Å²) in [6.45, 7) is 2.78. The first-order valence-corrected chi connectivity index (χ1v) is 14.5. The molecule has 2 aromatic rings. The summed E-state index contributed by atoms with van der Waals surface area (Å²) in [5, 5.41) is 11.2. The average Bonchev–Trinajstić information content (AvgIpc) is 3.24. The van der Waals surface area contributed by atoms with Crippen molar-refractivity contribution in [1.82, 2.24) is 9.21 Å². The maximum absolute atomic E-state index is 12.2. The normalized spacial score (nSPS) is 25.6. The molecule has 0 aromatic heterocycles. The van der Waals surface area contributed by atoms with Crippen LogP contribution in [0.15, 0.2) is 60.7 Å². The van der Waals surface area contributed by atoms with Gasteiger partial charge in [-0.05, 0) is 67.9 Å². The Bertz CT molecular complexity index is 1000. The smallest absolute Gasteiger partial charge is 0.211 e. The van der Waals surface area contributed by atoms with Crippen LogP contribution in [0.1, 0.15) is 55.6 Å². The van der Waals surface area contributed by atoms with E-state index >= 15 is 0 Å². The molecule has 6 heteroatoms. The zero-order valence-electron chi connectivity index (χ0n) is 20.6. The van der Waals surface area contributed by atoms with E-state index < -0.39 is 15.6 Å². The maximum Gasteiger partial charge on any atom is 0.211 e. The van der Waals surface area contributed by atoms with Crippen molar-refractivity contribution in [2.75, 3.05) is 32.9 Å². The van der Waals surface area contributed by atoms with Gasteiger partial charge in [-0.3, -0.25) is 0 Å². The highest BCUT2D eigenvalue weighted by Crippen LogP contribution is 2.43. The van der Waals surface area contributed by atoms with Crippen molar-refractivity contribution >= 4 is 10.0 Å². The van der Waals surface area contributed by atoms with Crippen molar-refractivity contribution < 1.29 is 13.5 Å². The van der Waals surface area contributed by atoms with Gasteiger partial charge in [0.05, 0.1) is 11.9 Å². The molecule has 1 saturated carbocycles. The van der Waals surface area contributed by atoms with Crippen molar-refractivity contribution in [1.29, 1.82) is 0 Å². The van der Waals surface area contributed by atoms with Gasteiger partial charge < -0.3 is 10.0 Å². The van der Waals surface area contributed by atoms with Gasteiger partial charge in [0, 0.05) is 32.7 Å². The van der Waals surface area contributed by atoms with Crippen LogP contribution >= 0.6 is 0 Å². The molecule has 1 heterocycles. The number of sulfonamides is 1. The van der Waals surface area contributed by atoms with Gasteiger partial charge >= 0.3 is 0 Å². The molecule has 1 N–H and O–H groups in total. The monoisotopic (exact) mass is 484 g/mol. The van der Waals surface area contributed by atoms with E-state index in [0.29, 0.717) is 11.8 Å². The summed E-state index contributed by atoms with van der Waals surface area (Å²) in [6, 6.07) is 21.1. The van der Waals surface area contributed by atoms with Crippen LogP contribution in [0.4, 0.5) is 0 Å². The number of piperidine rings is 1. The fraction of sp³-hybridized carbons (Fsp3) is 0.571. The predicted molar refractivity (Wildman–Crippen MR) is 138 cm³/mol. The average molecular weight is 485 g/mol. The van der Waals surface area contributed by atoms with Crippen LogP contribution in [-0.4, -0.2) is 67.3 Å². The Kier molecular flexibility index (Phi) is 8.13. The Morgan fingerprint density at radius 2 is 1.62 bits per heavy atom. The van der Waals surface area contributed by atoms with Gasteiger partial charge in [-0.15, -0.1) is 0 Å².